The lowest BCUT2D eigenvalue weighted by molar-refractivity contribution is 0.268. The first kappa shape index (κ1) is 15.3. The maximum absolute atomic E-state index is 10.5. The molecule has 0 aromatic carbocycles. The van der Waals surface area contributed by atoms with E-state index in [9.17, 15) is 4.79 Å². The molecule has 0 bridgehead atoms. The summed E-state index contributed by atoms with van der Waals surface area (Å²) < 4.78 is 9.80. The van der Waals surface area contributed by atoms with Crippen molar-refractivity contribution < 1.29 is 9.15 Å². The molecule has 0 radical (unpaired) electrons. The van der Waals surface area contributed by atoms with Crippen molar-refractivity contribution in [3.63, 3.8) is 0 Å². The van der Waals surface area contributed by atoms with Gasteiger partial charge in [-0.3, -0.25) is 0 Å². The monoisotopic (exact) mass is 262 g/mol. The normalized spacial score (nSPS) is 14.0. The van der Waals surface area contributed by atoms with Crippen molar-refractivity contribution >= 4 is 0 Å². The van der Waals surface area contributed by atoms with Crippen LogP contribution in [-0.2, 0) is 4.74 Å². The average Bonchev–Trinajstić information content (AvgIpc) is 2.77. The molecule has 1 aliphatic heterocycles. The van der Waals surface area contributed by atoms with Gasteiger partial charge in [-0.1, -0.05) is 34.3 Å². The summed E-state index contributed by atoms with van der Waals surface area (Å²) in [7, 11) is 0. The van der Waals surface area contributed by atoms with Crippen LogP contribution in [0.15, 0.2) is 51.6 Å². The molecule has 1 aliphatic rings. The van der Waals surface area contributed by atoms with Crippen LogP contribution in [0.25, 0.3) is 0 Å². The first-order valence-corrected chi connectivity index (χ1v) is 6.51. The third kappa shape index (κ3) is 5.16. The van der Waals surface area contributed by atoms with Gasteiger partial charge in [-0.05, 0) is 35.1 Å². The molecule has 0 saturated heterocycles. The Bertz CT molecular complexity index is 486. The molecule has 1 aromatic heterocycles. The summed E-state index contributed by atoms with van der Waals surface area (Å²) in [5, 5.41) is 0. The second-order valence-corrected chi connectivity index (χ2v) is 5.17. The number of rotatable bonds is 2. The van der Waals surface area contributed by atoms with Crippen LogP contribution in [0.1, 0.15) is 39.2 Å². The SMILES string of the molecule is C=C1C=C(C(C)C)CO1.CC(C)c1ccc(=O)oc1. The van der Waals surface area contributed by atoms with Crippen LogP contribution < -0.4 is 5.63 Å². The summed E-state index contributed by atoms with van der Waals surface area (Å²) in [5.41, 5.74) is 2.11. The molecule has 0 fully saturated rings. The lowest BCUT2D eigenvalue weighted by atomic mass is 10.1. The molecule has 0 aliphatic carbocycles. The highest BCUT2D eigenvalue weighted by Gasteiger charge is 2.10. The number of hydrogen-bond donors (Lipinski definition) is 0. The number of hydrogen-bond acceptors (Lipinski definition) is 3. The van der Waals surface area contributed by atoms with Gasteiger partial charge in [0.2, 0.25) is 0 Å². The van der Waals surface area contributed by atoms with Gasteiger partial charge in [0.1, 0.15) is 12.4 Å². The third-order valence-corrected chi connectivity index (χ3v) is 2.90. The van der Waals surface area contributed by atoms with E-state index in [-0.39, 0.29) is 5.63 Å². The van der Waals surface area contributed by atoms with Crippen LogP contribution in [0, 0.1) is 5.92 Å². The lowest BCUT2D eigenvalue weighted by Crippen LogP contribution is -1.96. The van der Waals surface area contributed by atoms with Crippen LogP contribution in [0.2, 0.25) is 0 Å². The quantitative estimate of drug-likeness (QED) is 0.812. The molecule has 3 heteroatoms. The molecule has 0 spiro atoms. The van der Waals surface area contributed by atoms with Crippen LogP contribution in [0.5, 0.6) is 0 Å². The lowest BCUT2D eigenvalue weighted by Gasteiger charge is -2.01. The van der Waals surface area contributed by atoms with E-state index in [1.165, 1.54) is 17.9 Å². The fourth-order valence-corrected chi connectivity index (χ4v) is 1.50. The molecular weight excluding hydrogens is 240 g/mol. The Morgan fingerprint density at radius 1 is 1.16 bits per heavy atom. The molecule has 19 heavy (non-hydrogen) atoms. The fraction of sp³-hybridized carbons (Fsp3) is 0.438. The third-order valence-electron chi connectivity index (χ3n) is 2.90. The van der Waals surface area contributed by atoms with E-state index in [0.29, 0.717) is 11.8 Å². The van der Waals surface area contributed by atoms with Crippen LogP contribution in [0.4, 0.5) is 0 Å². The summed E-state index contributed by atoms with van der Waals surface area (Å²) in [6, 6.07) is 3.23. The predicted octanol–water partition coefficient (Wildman–Crippen LogP) is 3.88. The first-order valence-electron chi connectivity index (χ1n) is 6.51. The van der Waals surface area contributed by atoms with Crippen molar-refractivity contribution in [2.45, 2.75) is 33.6 Å². The topological polar surface area (TPSA) is 39.4 Å². The van der Waals surface area contributed by atoms with Gasteiger partial charge in [-0.15, -0.1) is 0 Å². The van der Waals surface area contributed by atoms with Gasteiger partial charge >= 0.3 is 5.63 Å². The zero-order valence-corrected chi connectivity index (χ0v) is 12.1. The molecule has 0 N–H and O–H groups in total. The zero-order chi connectivity index (χ0) is 14.4. The standard InChI is InChI=1S/C8H10O2.C8H12O/c1-6(2)7-3-4-8(9)10-5-7;1-6(2)8-4-7(3)9-5-8/h3-6H,1-2H3;4,6H,3,5H2,1-2H3. The molecule has 1 aromatic rings. The Hall–Kier alpha value is -1.77. The molecule has 2 heterocycles. The van der Waals surface area contributed by atoms with Crippen LogP contribution in [0.3, 0.4) is 0 Å². The molecule has 104 valence electrons. The number of allylic oxidation sites excluding steroid dienone is 1. The molecule has 2 rings (SSSR count). The van der Waals surface area contributed by atoms with Gasteiger partial charge < -0.3 is 9.15 Å². The van der Waals surface area contributed by atoms with E-state index in [1.54, 1.807) is 6.07 Å². The van der Waals surface area contributed by atoms with Gasteiger partial charge in [-0.25, -0.2) is 4.79 Å². The highest BCUT2D eigenvalue weighted by atomic mass is 16.5. The van der Waals surface area contributed by atoms with E-state index < -0.39 is 0 Å². The molecule has 3 nitrogen and oxygen atoms in total. The summed E-state index contributed by atoms with van der Waals surface area (Å²) in [6.45, 7) is 12.9. The molecule has 0 amide bonds. The van der Waals surface area contributed by atoms with Gasteiger partial charge in [0, 0.05) is 6.07 Å². The van der Waals surface area contributed by atoms with Crippen molar-refractivity contribution in [1.82, 2.24) is 0 Å². The summed E-state index contributed by atoms with van der Waals surface area (Å²) >= 11 is 0. The van der Waals surface area contributed by atoms with E-state index in [4.69, 9.17) is 4.74 Å². The number of ether oxygens (including phenoxy) is 1. The minimum Gasteiger partial charge on any atom is -0.490 e. The fourth-order valence-electron chi connectivity index (χ4n) is 1.50. The van der Waals surface area contributed by atoms with Crippen molar-refractivity contribution in [2.75, 3.05) is 6.61 Å². The Labute approximate surface area is 114 Å². The Balaban J connectivity index is 0.000000191. The molecule has 0 unspecified atom stereocenters. The smallest absolute Gasteiger partial charge is 0.335 e. The Kier molecular flexibility index (Phi) is 5.61. The maximum atomic E-state index is 10.5. The zero-order valence-electron chi connectivity index (χ0n) is 12.1. The van der Waals surface area contributed by atoms with Gasteiger partial charge in [-0.2, -0.15) is 0 Å². The predicted molar refractivity (Wildman–Crippen MR) is 77.1 cm³/mol. The van der Waals surface area contributed by atoms with E-state index in [0.717, 1.165) is 17.9 Å². The van der Waals surface area contributed by atoms with Gasteiger partial charge in [0.25, 0.3) is 0 Å². The van der Waals surface area contributed by atoms with E-state index in [1.807, 2.05) is 6.08 Å². The highest BCUT2D eigenvalue weighted by Crippen LogP contribution is 2.19. The molecular formula is C16H22O3. The van der Waals surface area contributed by atoms with Crippen molar-refractivity contribution in [1.29, 1.82) is 0 Å². The second-order valence-electron chi connectivity index (χ2n) is 5.17. The minimum atomic E-state index is -0.288. The van der Waals surface area contributed by atoms with Crippen LogP contribution in [-0.4, -0.2) is 6.61 Å². The molecule has 0 saturated carbocycles. The average molecular weight is 262 g/mol. The van der Waals surface area contributed by atoms with E-state index in [2.05, 4.69) is 38.7 Å². The van der Waals surface area contributed by atoms with Crippen molar-refractivity contribution in [2.24, 2.45) is 5.92 Å². The van der Waals surface area contributed by atoms with Gasteiger partial charge in [0.05, 0.1) is 6.26 Å². The van der Waals surface area contributed by atoms with E-state index >= 15 is 0 Å². The van der Waals surface area contributed by atoms with Crippen molar-refractivity contribution in [3.8, 4) is 0 Å². The van der Waals surface area contributed by atoms with Crippen molar-refractivity contribution in [3.05, 3.63) is 58.4 Å². The van der Waals surface area contributed by atoms with Crippen LogP contribution >= 0.6 is 0 Å². The highest BCUT2D eigenvalue weighted by molar-refractivity contribution is 5.23. The molecule has 0 atom stereocenters. The summed E-state index contributed by atoms with van der Waals surface area (Å²) in [4.78, 5) is 10.5. The maximum Gasteiger partial charge on any atom is 0.335 e. The first-order chi connectivity index (χ1) is 8.90. The Morgan fingerprint density at radius 2 is 1.84 bits per heavy atom. The largest absolute Gasteiger partial charge is 0.490 e. The summed E-state index contributed by atoms with van der Waals surface area (Å²) in [5.74, 6) is 1.83. The Morgan fingerprint density at radius 3 is 2.16 bits per heavy atom. The second kappa shape index (κ2) is 6.98. The summed E-state index contributed by atoms with van der Waals surface area (Å²) in [6.07, 6.45) is 3.53. The minimum absolute atomic E-state index is 0.288. The van der Waals surface area contributed by atoms with Gasteiger partial charge in [0.15, 0.2) is 0 Å².